The molecule has 0 fully saturated rings. The summed E-state index contributed by atoms with van der Waals surface area (Å²) in [6.45, 7) is 1.72. The number of carbonyl (C=O) groups excluding carboxylic acids is 2. The molecular formula is C26H25F3N2O4. The first-order valence-corrected chi connectivity index (χ1v) is 11.1. The number of alkyl halides is 3. The highest BCUT2D eigenvalue weighted by molar-refractivity contribution is 6.09. The van der Waals surface area contributed by atoms with Gasteiger partial charge in [-0.2, -0.15) is 13.2 Å². The zero-order valence-corrected chi connectivity index (χ0v) is 19.5. The Balaban J connectivity index is 1.79. The zero-order valence-electron chi connectivity index (χ0n) is 19.5. The second-order valence-corrected chi connectivity index (χ2v) is 8.41. The van der Waals surface area contributed by atoms with Crippen molar-refractivity contribution < 1.29 is 32.2 Å². The lowest BCUT2D eigenvalue weighted by Gasteiger charge is -2.34. The number of ketones is 1. The van der Waals surface area contributed by atoms with E-state index in [1.165, 1.54) is 26.4 Å². The number of methoxy groups -OCH3 is 2. The molecule has 9 heteroatoms. The number of nitrogens with one attached hydrogen (secondary N) is 2. The molecule has 1 heterocycles. The van der Waals surface area contributed by atoms with E-state index in [0.717, 1.165) is 17.8 Å². The molecule has 0 aromatic heterocycles. The predicted octanol–water partition coefficient (Wildman–Crippen LogP) is 5.33. The summed E-state index contributed by atoms with van der Waals surface area (Å²) in [5.41, 5.74) is 1.81. The lowest BCUT2D eigenvalue weighted by Crippen LogP contribution is -2.35. The van der Waals surface area contributed by atoms with Gasteiger partial charge in [0.1, 0.15) is 0 Å². The number of carbonyl (C=O) groups is 2. The minimum atomic E-state index is -4.54. The monoisotopic (exact) mass is 486 g/mol. The topological polar surface area (TPSA) is 76.7 Å². The van der Waals surface area contributed by atoms with E-state index in [2.05, 4.69) is 10.6 Å². The molecule has 0 saturated carbocycles. The van der Waals surface area contributed by atoms with E-state index < -0.39 is 23.6 Å². The molecule has 0 radical (unpaired) electrons. The van der Waals surface area contributed by atoms with E-state index >= 15 is 0 Å². The third kappa shape index (κ3) is 4.76. The molecule has 2 aromatic rings. The molecule has 0 bridgehead atoms. The molecule has 1 unspecified atom stereocenters. The number of dihydropyridines is 1. The fourth-order valence-electron chi connectivity index (χ4n) is 4.62. The number of Topliss-reactive ketones (excluding diaryl/α,β-unsaturated/α-hetero) is 1. The molecule has 0 spiro atoms. The van der Waals surface area contributed by atoms with Crippen molar-refractivity contribution in [3.63, 3.8) is 0 Å². The fourth-order valence-corrected chi connectivity index (χ4v) is 4.62. The van der Waals surface area contributed by atoms with Crippen molar-refractivity contribution in [1.29, 1.82) is 0 Å². The summed E-state index contributed by atoms with van der Waals surface area (Å²) in [7, 11) is 2.99. The first-order chi connectivity index (χ1) is 16.6. The maximum absolute atomic E-state index is 13.5. The highest BCUT2D eigenvalue weighted by atomic mass is 19.4. The van der Waals surface area contributed by atoms with E-state index in [1.54, 1.807) is 25.1 Å². The molecular weight excluding hydrogens is 461 g/mol. The summed E-state index contributed by atoms with van der Waals surface area (Å²) >= 11 is 0. The van der Waals surface area contributed by atoms with Crippen LogP contribution in [0.15, 0.2) is 65.0 Å². The van der Waals surface area contributed by atoms with Crippen LogP contribution in [0.4, 0.5) is 18.9 Å². The van der Waals surface area contributed by atoms with E-state index in [9.17, 15) is 22.8 Å². The van der Waals surface area contributed by atoms with Crippen molar-refractivity contribution in [2.45, 2.75) is 38.3 Å². The van der Waals surface area contributed by atoms with Crippen molar-refractivity contribution in [3.8, 4) is 11.5 Å². The van der Waals surface area contributed by atoms with Crippen LogP contribution < -0.4 is 20.1 Å². The number of anilines is 1. The van der Waals surface area contributed by atoms with Gasteiger partial charge in [0.2, 0.25) is 0 Å². The van der Waals surface area contributed by atoms with Gasteiger partial charge in [0, 0.05) is 40.6 Å². The third-order valence-corrected chi connectivity index (χ3v) is 6.21. The van der Waals surface area contributed by atoms with Gasteiger partial charge in [0.15, 0.2) is 17.3 Å². The minimum absolute atomic E-state index is 0.00549. The van der Waals surface area contributed by atoms with Crippen molar-refractivity contribution in [1.82, 2.24) is 5.32 Å². The first kappa shape index (κ1) is 24.4. The van der Waals surface area contributed by atoms with Crippen LogP contribution in [0.5, 0.6) is 11.5 Å². The Morgan fingerprint density at radius 2 is 1.80 bits per heavy atom. The van der Waals surface area contributed by atoms with E-state index in [0.29, 0.717) is 47.6 Å². The molecule has 1 atom stereocenters. The number of hydrogen-bond donors (Lipinski definition) is 2. The lowest BCUT2D eigenvalue weighted by molar-refractivity contribution is -0.137. The molecule has 6 nitrogen and oxygen atoms in total. The molecule has 1 aliphatic heterocycles. The largest absolute Gasteiger partial charge is 0.493 e. The smallest absolute Gasteiger partial charge is 0.416 e. The molecule has 4 rings (SSSR count). The van der Waals surface area contributed by atoms with Crippen LogP contribution in [0.25, 0.3) is 0 Å². The summed E-state index contributed by atoms with van der Waals surface area (Å²) in [6, 6.07) is 9.61. The summed E-state index contributed by atoms with van der Waals surface area (Å²) in [5.74, 6) is -0.464. The summed E-state index contributed by atoms with van der Waals surface area (Å²) in [6.07, 6.45) is -2.84. The maximum atomic E-state index is 13.5. The van der Waals surface area contributed by atoms with Gasteiger partial charge in [-0.05, 0) is 55.7 Å². The van der Waals surface area contributed by atoms with Gasteiger partial charge >= 0.3 is 6.18 Å². The molecule has 0 saturated heterocycles. The van der Waals surface area contributed by atoms with Gasteiger partial charge < -0.3 is 20.1 Å². The number of amides is 1. The number of allylic oxidation sites excluding steroid dienone is 3. The standard InChI is InChI=1S/C26H25F3N2O4/c1-14-22(25(33)31-17-7-4-6-16(13-17)26(27,28)29)23(24-18(30-14)8-5-9-19(24)32)15-10-11-20(34-2)21(12-15)35-3/h4,6-7,10-13,23,30H,5,8-9H2,1-3H3,(H,31,33). The van der Waals surface area contributed by atoms with Crippen molar-refractivity contribution >= 4 is 17.4 Å². The number of rotatable bonds is 5. The third-order valence-electron chi connectivity index (χ3n) is 6.21. The SMILES string of the molecule is COc1ccc(C2C(C(=O)Nc3cccc(C(F)(F)F)c3)=C(C)NC3=C2C(=O)CCC3)cc1OC. The zero-order chi connectivity index (χ0) is 25.3. The number of ether oxygens (including phenoxy) is 2. The highest BCUT2D eigenvalue weighted by Gasteiger charge is 2.39. The minimum Gasteiger partial charge on any atom is -0.493 e. The Bertz CT molecular complexity index is 1250. The van der Waals surface area contributed by atoms with Crippen LogP contribution in [-0.2, 0) is 15.8 Å². The summed E-state index contributed by atoms with van der Waals surface area (Å²) in [5, 5.41) is 5.78. The molecule has 2 aliphatic rings. The fraction of sp³-hybridized carbons (Fsp3) is 0.308. The van der Waals surface area contributed by atoms with Gasteiger partial charge in [-0.15, -0.1) is 0 Å². The van der Waals surface area contributed by atoms with Gasteiger partial charge in [-0.1, -0.05) is 12.1 Å². The lowest BCUT2D eigenvalue weighted by atomic mass is 9.75. The Morgan fingerprint density at radius 3 is 2.49 bits per heavy atom. The molecule has 1 amide bonds. The average Bonchev–Trinajstić information content (AvgIpc) is 2.82. The van der Waals surface area contributed by atoms with Crippen molar-refractivity contribution in [3.05, 3.63) is 76.1 Å². The normalized spacial score (nSPS) is 18.1. The average molecular weight is 486 g/mol. The molecule has 35 heavy (non-hydrogen) atoms. The molecule has 2 N–H and O–H groups in total. The maximum Gasteiger partial charge on any atom is 0.416 e. The van der Waals surface area contributed by atoms with E-state index in [-0.39, 0.29) is 17.0 Å². The Morgan fingerprint density at radius 1 is 1.06 bits per heavy atom. The quantitative estimate of drug-likeness (QED) is 0.598. The van der Waals surface area contributed by atoms with Crippen LogP contribution in [-0.4, -0.2) is 25.9 Å². The molecule has 2 aromatic carbocycles. The Labute approximate surface area is 200 Å². The number of halogens is 3. The van der Waals surface area contributed by atoms with Gasteiger partial charge in [-0.3, -0.25) is 9.59 Å². The Hall–Kier alpha value is -3.75. The summed E-state index contributed by atoms with van der Waals surface area (Å²) in [4.78, 5) is 26.5. The summed E-state index contributed by atoms with van der Waals surface area (Å²) < 4.78 is 50.3. The van der Waals surface area contributed by atoms with Crippen LogP contribution in [0.2, 0.25) is 0 Å². The van der Waals surface area contributed by atoms with Crippen LogP contribution in [0, 0.1) is 0 Å². The van der Waals surface area contributed by atoms with E-state index in [4.69, 9.17) is 9.47 Å². The second-order valence-electron chi connectivity index (χ2n) is 8.41. The highest BCUT2D eigenvalue weighted by Crippen LogP contribution is 2.44. The van der Waals surface area contributed by atoms with Crippen LogP contribution in [0.1, 0.15) is 43.2 Å². The van der Waals surface area contributed by atoms with Gasteiger partial charge in [0.05, 0.1) is 19.8 Å². The van der Waals surface area contributed by atoms with Crippen molar-refractivity contribution in [2.75, 3.05) is 19.5 Å². The predicted molar refractivity (Wildman–Crippen MR) is 124 cm³/mol. The molecule has 184 valence electrons. The van der Waals surface area contributed by atoms with Crippen LogP contribution >= 0.6 is 0 Å². The van der Waals surface area contributed by atoms with Crippen molar-refractivity contribution in [2.24, 2.45) is 0 Å². The second kappa shape index (κ2) is 9.48. The van der Waals surface area contributed by atoms with Gasteiger partial charge in [-0.25, -0.2) is 0 Å². The Kier molecular flexibility index (Phi) is 6.60. The number of benzene rings is 2. The number of hydrogen-bond acceptors (Lipinski definition) is 5. The van der Waals surface area contributed by atoms with Gasteiger partial charge in [0.25, 0.3) is 5.91 Å². The molecule has 1 aliphatic carbocycles. The van der Waals surface area contributed by atoms with E-state index in [1.807, 2.05) is 0 Å². The first-order valence-electron chi connectivity index (χ1n) is 11.1. The van der Waals surface area contributed by atoms with Crippen LogP contribution in [0.3, 0.4) is 0 Å².